The molecular weight excluding hydrogens is 162 g/mol. The molecule has 13 heavy (non-hydrogen) atoms. The molecule has 2 heteroatoms. The Morgan fingerprint density at radius 3 is 2.92 bits per heavy atom. The standard InChI is InChI=1S/C11H15NO/c1-3-5-7-11(10-12)8-6-9-13-4-2/h3,6-8H,1,4-5,9H2,2H3/b8-6-,11-7+. The quantitative estimate of drug-likeness (QED) is 0.270. The smallest absolute Gasteiger partial charge is 0.0988 e. The highest BCUT2D eigenvalue weighted by Crippen LogP contribution is 1.97. The van der Waals surface area contributed by atoms with Gasteiger partial charge in [-0.25, -0.2) is 0 Å². The highest BCUT2D eigenvalue weighted by molar-refractivity contribution is 5.33. The average Bonchev–Trinajstić information content (AvgIpc) is 2.17. The van der Waals surface area contributed by atoms with Crippen molar-refractivity contribution < 1.29 is 4.74 Å². The van der Waals surface area contributed by atoms with Crippen molar-refractivity contribution in [2.45, 2.75) is 13.3 Å². The summed E-state index contributed by atoms with van der Waals surface area (Å²) in [6.07, 6.45) is 7.91. The summed E-state index contributed by atoms with van der Waals surface area (Å²) in [5.41, 5.74) is 0.652. The predicted molar refractivity (Wildman–Crippen MR) is 54.1 cm³/mol. The van der Waals surface area contributed by atoms with Crippen molar-refractivity contribution in [2.75, 3.05) is 13.2 Å². The molecule has 0 aliphatic carbocycles. The van der Waals surface area contributed by atoms with Crippen LogP contribution in [-0.2, 0) is 4.74 Å². The van der Waals surface area contributed by atoms with Gasteiger partial charge < -0.3 is 4.74 Å². The van der Waals surface area contributed by atoms with E-state index in [9.17, 15) is 0 Å². The second kappa shape index (κ2) is 8.76. The Labute approximate surface area is 79.8 Å². The summed E-state index contributed by atoms with van der Waals surface area (Å²) in [5, 5.41) is 8.66. The molecule has 0 spiro atoms. The van der Waals surface area contributed by atoms with E-state index in [0.717, 1.165) is 6.42 Å². The van der Waals surface area contributed by atoms with E-state index < -0.39 is 0 Å². The van der Waals surface area contributed by atoms with Gasteiger partial charge in [0.05, 0.1) is 12.7 Å². The topological polar surface area (TPSA) is 33.0 Å². The maximum Gasteiger partial charge on any atom is 0.0988 e. The zero-order valence-corrected chi connectivity index (χ0v) is 7.99. The Balaban J connectivity index is 3.91. The molecule has 0 N–H and O–H groups in total. The molecule has 0 saturated carbocycles. The van der Waals surface area contributed by atoms with Crippen LogP contribution in [0.4, 0.5) is 0 Å². The van der Waals surface area contributed by atoms with Crippen LogP contribution in [0.15, 0.2) is 36.5 Å². The van der Waals surface area contributed by atoms with Crippen LogP contribution in [0.25, 0.3) is 0 Å². The van der Waals surface area contributed by atoms with Gasteiger partial charge in [0.1, 0.15) is 0 Å². The molecule has 0 aromatic rings. The first-order valence-corrected chi connectivity index (χ1v) is 4.30. The van der Waals surface area contributed by atoms with Gasteiger partial charge >= 0.3 is 0 Å². The van der Waals surface area contributed by atoms with Gasteiger partial charge in [0.25, 0.3) is 0 Å². The molecular formula is C11H15NO. The third-order valence-electron chi connectivity index (χ3n) is 1.35. The molecule has 0 bridgehead atoms. The third kappa shape index (κ3) is 7.04. The lowest BCUT2D eigenvalue weighted by Gasteiger charge is -1.92. The Bertz CT molecular complexity index is 233. The summed E-state index contributed by atoms with van der Waals surface area (Å²) >= 11 is 0. The zero-order valence-electron chi connectivity index (χ0n) is 7.99. The summed E-state index contributed by atoms with van der Waals surface area (Å²) < 4.78 is 5.09. The third-order valence-corrected chi connectivity index (χ3v) is 1.35. The number of nitriles is 1. The lowest BCUT2D eigenvalue weighted by atomic mass is 10.2. The van der Waals surface area contributed by atoms with E-state index >= 15 is 0 Å². The van der Waals surface area contributed by atoms with E-state index in [-0.39, 0.29) is 0 Å². The Morgan fingerprint density at radius 1 is 1.62 bits per heavy atom. The van der Waals surface area contributed by atoms with E-state index in [1.165, 1.54) is 0 Å². The molecule has 70 valence electrons. The number of rotatable bonds is 6. The second-order valence-corrected chi connectivity index (χ2v) is 2.36. The van der Waals surface area contributed by atoms with Crippen LogP contribution in [0.3, 0.4) is 0 Å². The fraction of sp³-hybridized carbons (Fsp3) is 0.364. The first-order chi connectivity index (χ1) is 6.35. The van der Waals surface area contributed by atoms with Crippen molar-refractivity contribution in [3.8, 4) is 6.07 Å². The van der Waals surface area contributed by atoms with Crippen molar-refractivity contribution in [1.29, 1.82) is 5.26 Å². The Kier molecular flexibility index (Phi) is 7.87. The van der Waals surface area contributed by atoms with Gasteiger partial charge in [0.2, 0.25) is 0 Å². The average molecular weight is 177 g/mol. The second-order valence-electron chi connectivity index (χ2n) is 2.36. The fourth-order valence-corrected chi connectivity index (χ4v) is 0.722. The van der Waals surface area contributed by atoms with Gasteiger partial charge in [-0.05, 0) is 19.4 Å². The fourth-order valence-electron chi connectivity index (χ4n) is 0.722. The molecule has 0 unspecified atom stereocenters. The van der Waals surface area contributed by atoms with E-state index in [2.05, 4.69) is 12.6 Å². The van der Waals surface area contributed by atoms with Crippen LogP contribution < -0.4 is 0 Å². The van der Waals surface area contributed by atoms with Crippen LogP contribution >= 0.6 is 0 Å². The normalized spacial score (nSPS) is 11.5. The van der Waals surface area contributed by atoms with Gasteiger partial charge in [-0.3, -0.25) is 0 Å². The van der Waals surface area contributed by atoms with Gasteiger partial charge in [0, 0.05) is 12.2 Å². The predicted octanol–water partition coefficient (Wildman–Crippen LogP) is 2.61. The molecule has 0 atom stereocenters. The largest absolute Gasteiger partial charge is 0.378 e. The molecule has 0 saturated heterocycles. The zero-order chi connectivity index (χ0) is 9.94. The van der Waals surface area contributed by atoms with Crippen molar-refractivity contribution in [3.05, 3.63) is 36.5 Å². The summed E-state index contributed by atoms with van der Waals surface area (Å²) in [7, 11) is 0. The minimum atomic E-state index is 0.559. The van der Waals surface area contributed by atoms with Crippen molar-refractivity contribution in [3.63, 3.8) is 0 Å². The highest BCUT2D eigenvalue weighted by atomic mass is 16.5. The SMILES string of the molecule is C=CC/C=C(C#N)\C=C/COCC. The van der Waals surface area contributed by atoms with Gasteiger partial charge in [-0.15, -0.1) is 6.58 Å². The molecule has 0 amide bonds. The minimum Gasteiger partial charge on any atom is -0.378 e. The van der Waals surface area contributed by atoms with Crippen LogP contribution in [-0.4, -0.2) is 13.2 Å². The summed E-state index contributed by atoms with van der Waals surface area (Å²) in [6.45, 7) is 6.77. The maximum atomic E-state index is 8.66. The van der Waals surface area contributed by atoms with Crippen LogP contribution in [0.1, 0.15) is 13.3 Å². The molecule has 0 fully saturated rings. The van der Waals surface area contributed by atoms with Crippen LogP contribution in [0.5, 0.6) is 0 Å². The maximum absolute atomic E-state index is 8.66. The van der Waals surface area contributed by atoms with E-state index in [0.29, 0.717) is 18.8 Å². The summed E-state index contributed by atoms with van der Waals surface area (Å²) in [4.78, 5) is 0. The van der Waals surface area contributed by atoms with Crippen LogP contribution in [0, 0.1) is 11.3 Å². The molecule has 0 aromatic carbocycles. The molecule has 0 rings (SSSR count). The van der Waals surface area contributed by atoms with Crippen molar-refractivity contribution >= 4 is 0 Å². The Hall–Kier alpha value is -1.33. The number of nitrogens with zero attached hydrogens (tertiary/aromatic N) is 1. The summed E-state index contributed by atoms with van der Waals surface area (Å²) in [6, 6.07) is 2.08. The lowest BCUT2D eigenvalue weighted by Crippen LogP contribution is -1.88. The van der Waals surface area contributed by atoms with E-state index in [1.54, 1.807) is 12.2 Å². The number of hydrogen-bond acceptors (Lipinski definition) is 2. The first kappa shape index (κ1) is 11.7. The molecule has 0 aliphatic rings. The van der Waals surface area contributed by atoms with E-state index in [1.807, 2.05) is 19.1 Å². The summed E-state index contributed by atoms with van der Waals surface area (Å²) in [5.74, 6) is 0. The molecule has 0 aromatic heterocycles. The van der Waals surface area contributed by atoms with Crippen molar-refractivity contribution in [1.82, 2.24) is 0 Å². The minimum absolute atomic E-state index is 0.559. The van der Waals surface area contributed by atoms with Crippen molar-refractivity contribution in [2.24, 2.45) is 0 Å². The molecule has 0 heterocycles. The molecule has 0 aliphatic heterocycles. The Morgan fingerprint density at radius 2 is 2.38 bits per heavy atom. The number of hydrogen-bond donors (Lipinski definition) is 0. The molecule has 0 radical (unpaired) electrons. The van der Waals surface area contributed by atoms with Gasteiger partial charge in [-0.2, -0.15) is 5.26 Å². The highest BCUT2D eigenvalue weighted by Gasteiger charge is 1.85. The first-order valence-electron chi connectivity index (χ1n) is 4.30. The lowest BCUT2D eigenvalue weighted by molar-refractivity contribution is 0.177. The number of allylic oxidation sites excluding steroid dienone is 4. The number of ether oxygens (including phenoxy) is 1. The van der Waals surface area contributed by atoms with Gasteiger partial charge in [-0.1, -0.05) is 18.2 Å². The molecule has 2 nitrogen and oxygen atoms in total. The van der Waals surface area contributed by atoms with E-state index in [4.69, 9.17) is 10.00 Å². The van der Waals surface area contributed by atoms with Crippen LogP contribution in [0.2, 0.25) is 0 Å². The monoisotopic (exact) mass is 177 g/mol. The van der Waals surface area contributed by atoms with Gasteiger partial charge in [0.15, 0.2) is 0 Å².